The van der Waals surface area contributed by atoms with E-state index in [1.807, 2.05) is 79.3 Å². The molecule has 1 fully saturated rings. The molecular weight excluding hydrogens is 344 g/mol. The van der Waals surface area contributed by atoms with Crippen LogP contribution in [-0.2, 0) is 18.3 Å². The highest BCUT2D eigenvalue weighted by atomic mass is 32.2. The van der Waals surface area contributed by atoms with Crippen LogP contribution in [0.2, 0.25) is 0 Å². The second-order valence-electron chi connectivity index (χ2n) is 6.21. The molecule has 1 aliphatic rings. The van der Waals surface area contributed by atoms with E-state index in [0.29, 0.717) is 10.6 Å². The number of benzene rings is 2. The Bertz CT molecular complexity index is 1060. The number of thioether (sulfide) groups is 1. The van der Waals surface area contributed by atoms with Crippen molar-refractivity contribution in [1.29, 1.82) is 0 Å². The molecule has 0 N–H and O–H groups in total. The number of imide groups is 1. The van der Waals surface area contributed by atoms with E-state index in [2.05, 4.69) is 0 Å². The molecule has 26 heavy (non-hydrogen) atoms. The van der Waals surface area contributed by atoms with Crippen molar-refractivity contribution in [3.8, 4) is 0 Å². The molecule has 0 atom stereocenters. The summed E-state index contributed by atoms with van der Waals surface area (Å²) in [6.45, 7) is 2.02. The summed E-state index contributed by atoms with van der Waals surface area (Å²) in [6, 6.07) is 15.6. The van der Waals surface area contributed by atoms with Crippen LogP contribution < -0.4 is 4.90 Å². The number of anilines is 1. The second kappa shape index (κ2) is 6.50. The largest absolute Gasteiger partial charge is 0.350 e. The Labute approximate surface area is 156 Å². The van der Waals surface area contributed by atoms with Gasteiger partial charge in [-0.25, -0.2) is 4.90 Å². The normalized spacial score (nSPS) is 16.2. The van der Waals surface area contributed by atoms with Crippen LogP contribution in [0.4, 0.5) is 10.5 Å². The van der Waals surface area contributed by atoms with E-state index in [1.165, 1.54) is 4.90 Å². The van der Waals surface area contributed by atoms with Crippen LogP contribution in [0.3, 0.4) is 0 Å². The molecule has 1 aromatic heterocycles. The van der Waals surface area contributed by atoms with E-state index in [-0.39, 0.29) is 11.1 Å². The molecule has 0 spiro atoms. The molecule has 2 amide bonds. The highest BCUT2D eigenvalue weighted by molar-refractivity contribution is 8.19. The van der Waals surface area contributed by atoms with Crippen molar-refractivity contribution in [2.75, 3.05) is 4.90 Å². The number of amides is 2. The van der Waals surface area contributed by atoms with Gasteiger partial charge in [-0.15, -0.1) is 0 Å². The number of para-hydroxylation sites is 2. The molecule has 2 heterocycles. The first kappa shape index (κ1) is 16.7. The molecule has 130 valence electrons. The van der Waals surface area contributed by atoms with Crippen LogP contribution in [0, 0.1) is 0 Å². The maximum absolute atomic E-state index is 12.9. The van der Waals surface area contributed by atoms with Crippen LogP contribution in [0.1, 0.15) is 18.1 Å². The van der Waals surface area contributed by atoms with E-state index in [1.54, 1.807) is 0 Å². The van der Waals surface area contributed by atoms with Crippen LogP contribution in [0.5, 0.6) is 0 Å². The minimum Gasteiger partial charge on any atom is -0.350 e. The standard InChI is InChI=1S/C21H18N2O2S/c1-3-14-8-4-6-10-17(14)23-20(24)19(26-21(23)25)12-15-13-22(2)18-11-7-5-9-16(15)18/h4-13H,3H2,1-2H3/b19-12-. The number of hydrogen-bond acceptors (Lipinski definition) is 3. The zero-order valence-corrected chi connectivity index (χ0v) is 15.4. The molecule has 0 unspecified atom stereocenters. The fraction of sp³-hybridized carbons (Fsp3) is 0.143. The molecule has 2 aromatic carbocycles. The Morgan fingerprint density at radius 1 is 1.04 bits per heavy atom. The van der Waals surface area contributed by atoms with Crippen molar-refractivity contribution in [2.45, 2.75) is 13.3 Å². The van der Waals surface area contributed by atoms with E-state index in [0.717, 1.165) is 40.2 Å². The molecule has 0 radical (unpaired) electrons. The SMILES string of the molecule is CCc1ccccc1N1C(=O)S/C(=C\c2cn(C)c3ccccc23)C1=O. The molecule has 1 saturated heterocycles. The zero-order chi connectivity index (χ0) is 18.3. The summed E-state index contributed by atoms with van der Waals surface area (Å²) >= 11 is 0.998. The highest BCUT2D eigenvalue weighted by Crippen LogP contribution is 2.38. The quantitative estimate of drug-likeness (QED) is 0.617. The van der Waals surface area contributed by atoms with Gasteiger partial charge in [-0.2, -0.15) is 0 Å². The lowest BCUT2D eigenvalue weighted by molar-refractivity contribution is -0.113. The lowest BCUT2D eigenvalue weighted by atomic mass is 10.1. The van der Waals surface area contributed by atoms with E-state index < -0.39 is 0 Å². The smallest absolute Gasteiger partial charge is 0.298 e. The number of carbonyl (C=O) groups is 2. The summed E-state index contributed by atoms with van der Waals surface area (Å²) in [5, 5.41) is 0.818. The molecular formula is C21H18N2O2S. The third-order valence-electron chi connectivity index (χ3n) is 4.62. The Kier molecular flexibility index (Phi) is 4.17. The van der Waals surface area contributed by atoms with Gasteiger partial charge in [0, 0.05) is 29.7 Å². The average molecular weight is 362 g/mol. The van der Waals surface area contributed by atoms with Gasteiger partial charge in [0.15, 0.2) is 0 Å². The van der Waals surface area contributed by atoms with Crippen molar-refractivity contribution in [2.24, 2.45) is 7.05 Å². The van der Waals surface area contributed by atoms with Crippen molar-refractivity contribution >= 4 is 45.6 Å². The molecule has 0 aliphatic carbocycles. The van der Waals surface area contributed by atoms with Crippen LogP contribution >= 0.6 is 11.8 Å². The number of hydrogen-bond donors (Lipinski definition) is 0. The Hall–Kier alpha value is -2.79. The topological polar surface area (TPSA) is 42.3 Å². The number of aryl methyl sites for hydroxylation is 2. The highest BCUT2D eigenvalue weighted by Gasteiger charge is 2.37. The van der Waals surface area contributed by atoms with Crippen molar-refractivity contribution in [3.05, 3.63) is 70.8 Å². The fourth-order valence-corrected chi connectivity index (χ4v) is 4.16. The maximum atomic E-state index is 12.9. The first-order valence-corrected chi connectivity index (χ1v) is 9.31. The van der Waals surface area contributed by atoms with Crippen LogP contribution in [0.15, 0.2) is 59.6 Å². The van der Waals surface area contributed by atoms with Gasteiger partial charge in [-0.3, -0.25) is 9.59 Å². The first-order valence-electron chi connectivity index (χ1n) is 8.50. The lowest BCUT2D eigenvalue weighted by Crippen LogP contribution is -2.28. The van der Waals surface area contributed by atoms with Gasteiger partial charge in [0.25, 0.3) is 11.1 Å². The Morgan fingerprint density at radius 3 is 2.58 bits per heavy atom. The minimum absolute atomic E-state index is 0.248. The predicted molar refractivity (Wildman–Crippen MR) is 107 cm³/mol. The summed E-state index contributed by atoms with van der Waals surface area (Å²) in [6.07, 6.45) is 4.57. The molecule has 4 rings (SSSR count). The first-order chi connectivity index (χ1) is 12.6. The summed E-state index contributed by atoms with van der Waals surface area (Å²) < 4.78 is 2.03. The van der Waals surface area contributed by atoms with Crippen LogP contribution in [0.25, 0.3) is 17.0 Å². The zero-order valence-electron chi connectivity index (χ0n) is 14.6. The monoisotopic (exact) mass is 362 g/mol. The van der Waals surface area contributed by atoms with Crippen LogP contribution in [-0.4, -0.2) is 15.7 Å². The summed E-state index contributed by atoms with van der Waals surface area (Å²) in [4.78, 5) is 27.2. The van der Waals surface area contributed by atoms with Gasteiger partial charge in [-0.05, 0) is 42.0 Å². The van der Waals surface area contributed by atoms with Gasteiger partial charge >= 0.3 is 0 Å². The third-order valence-corrected chi connectivity index (χ3v) is 5.49. The maximum Gasteiger partial charge on any atom is 0.298 e. The Balaban J connectivity index is 1.76. The minimum atomic E-state index is -0.256. The number of aromatic nitrogens is 1. The van der Waals surface area contributed by atoms with Crippen molar-refractivity contribution in [1.82, 2.24) is 4.57 Å². The third kappa shape index (κ3) is 2.65. The number of fused-ring (bicyclic) bond motifs is 1. The fourth-order valence-electron chi connectivity index (χ4n) is 3.33. The van der Waals surface area contributed by atoms with Gasteiger partial charge in [0.05, 0.1) is 10.6 Å². The summed E-state index contributed by atoms with van der Waals surface area (Å²) in [5.41, 5.74) is 3.70. The average Bonchev–Trinajstić information content (AvgIpc) is 3.12. The molecule has 5 heteroatoms. The number of carbonyl (C=O) groups excluding carboxylic acids is 2. The summed E-state index contributed by atoms with van der Waals surface area (Å²) in [7, 11) is 1.98. The lowest BCUT2D eigenvalue weighted by Gasteiger charge is -2.16. The van der Waals surface area contributed by atoms with E-state index in [4.69, 9.17) is 0 Å². The number of rotatable bonds is 3. The van der Waals surface area contributed by atoms with Gasteiger partial charge in [0.2, 0.25) is 0 Å². The van der Waals surface area contributed by atoms with E-state index in [9.17, 15) is 9.59 Å². The molecule has 1 aliphatic heterocycles. The molecule has 3 aromatic rings. The number of nitrogens with zero attached hydrogens (tertiary/aromatic N) is 2. The second-order valence-corrected chi connectivity index (χ2v) is 7.21. The van der Waals surface area contributed by atoms with E-state index >= 15 is 0 Å². The van der Waals surface area contributed by atoms with Crippen molar-refractivity contribution < 1.29 is 9.59 Å². The molecule has 0 saturated carbocycles. The molecule has 4 nitrogen and oxygen atoms in total. The van der Waals surface area contributed by atoms with Gasteiger partial charge < -0.3 is 4.57 Å². The Morgan fingerprint density at radius 2 is 1.77 bits per heavy atom. The predicted octanol–water partition coefficient (Wildman–Crippen LogP) is 4.98. The van der Waals surface area contributed by atoms with Gasteiger partial charge in [-0.1, -0.05) is 43.3 Å². The summed E-state index contributed by atoms with van der Waals surface area (Å²) in [5.74, 6) is -0.256. The molecule has 0 bridgehead atoms. The van der Waals surface area contributed by atoms with Crippen molar-refractivity contribution in [3.63, 3.8) is 0 Å². The van der Waals surface area contributed by atoms with Gasteiger partial charge in [0.1, 0.15) is 0 Å².